The van der Waals surface area contributed by atoms with E-state index >= 15 is 0 Å². The number of carbonyl (C=O) groups is 2. The maximum absolute atomic E-state index is 12.9. The fourth-order valence-electron chi connectivity index (χ4n) is 4.32. The van der Waals surface area contributed by atoms with Gasteiger partial charge in [0, 0.05) is 13.1 Å². The highest BCUT2D eigenvalue weighted by Crippen LogP contribution is 2.23. The van der Waals surface area contributed by atoms with Crippen molar-refractivity contribution in [3.05, 3.63) is 17.5 Å². The van der Waals surface area contributed by atoms with Gasteiger partial charge in [0.05, 0.1) is 23.5 Å². The normalized spacial score (nSPS) is 22.0. The number of fused-ring (bicyclic) bond motifs is 1. The highest BCUT2D eigenvalue weighted by Gasteiger charge is 2.31. The molecule has 1 fully saturated rings. The Labute approximate surface area is 155 Å². The van der Waals surface area contributed by atoms with Crippen molar-refractivity contribution in [2.24, 2.45) is 17.6 Å². The van der Waals surface area contributed by atoms with Gasteiger partial charge < -0.3 is 11.1 Å². The van der Waals surface area contributed by atoms with E-state index < -0.39 is 5.91 Å². The van der Waals surface area contributed by atoms with Crippen LogP contribution in [0.1, 0.15) is 55.6 Å². The van der Waals surface area contributed by atoms with Crippen LogP contribution in [-0.4, -0.2) is 52.2 Å². The predicted octanol–water partition coefficient (Wildman–Crippen LogP) is 1.17. The monoisotopic (exact) mass is 361 g/mol. The van der Waals surface area contributed by atoms with Crippen molar-refractivity contribution >= 4 is 11.8 Å². The average Bonchev–Trinajstić information content (AvgIpc) is 3.04. The summed E-state index contributed by atoms with van der Waals surface area (Å²) in [6, 6.07) is -0.0504. The van der Waals surface area contributed by atoms with Crippen LogP contribution >= 0.6 is 0 Å². The van der Waals surface area contributed by atoms with Gasteiger partial charge in [-0.2, -0.15) is 5.10 Å². The first-order chi connectivity index (χ1) is 12.5. The molecule has 0 saturated carbocycles. The van der Waals surface area contributed by atoms with Crippen LogP contribution in [0.3, 0.4) is 0 Å². The van der Waals surface area contributed by atoms with Crippen molar-refractivity contribution in [1.82, 2.24) is 20.0 Å². The van der Waals surface area contributed by atoms with Crippen LogP contribution in [-0.2, 0) is 17.8 Å². The summed E-state index contributed by atoms with van der Waals surface area (Å²) in [7, 11) is 0. The van der Waals surface area contributed by atoms with E-state index in [1.165, 1.54) is 19.3 Å². The number of nitrogens with one attached hydrogen (secondary N) is 1. The van der Waals surface area contributed by atoms with Gasteiger partial charge in [-0.1, -0.05) is 20.3 Å². The van der Waals surface area contributed by atoms with Crippen LogP contribution in [0.4, 0.5) is 0 Å². The van der Waals surface area contributed by atoms with Gasteiger partial charge in [-0.3, -0.25) is 19.2 Å². The first-order valence-electron chi connectivity index (χ1n) is 9.83. The van der Waals surface area contributed by atoms with E-state index in [0.29, 0.717) is 23.9 Å². The van der Waals surface area contributed by atoms with Crippen LogP contribution in [0.5, 0.6) is 0 Å². The summed E-state index contributed by atoms with van der Waals surface area (Å²) >= 11 is 0. The summed E-state index contributed by atoms with van der Waals surface area (Å²) in [5.74, 6) is 0.315. The number of primary amides is 1. The summed E-state index contributed by atoms with van der Waals surface area (Å²) < 4.78 is 1.86. The molecule has 0 radical (unpaired) electrons. The largest absolute Gasteiger partial charge is 0.365 e. The van der Waals surface area contributed by atoms with Crippen LogP contribution < -0.4 is 11.1 Å². The van der Waals surface area contributed by atoms with Crippen molar-refractivity contribution in [3.63, 3.8) is 0 Å². The fourth-order valence-corrected chi connectivity index (χ4v) is 4.32. The zero-order valence-corrected chi connectivity index (χ0v) is 15.9. The molecule has 3 heterocycles. The van der Waals surface area contributed by atoms with Gasteiger partial charge in [0.1, 0.15) is 0 Å². The zero-order chi connectivity index (χ0) is 18.7. The lowest BCUT2D eigenvalue weighted by Gasteiger charge is -2.36. The number of amides is 2. The second kappa shape index (κ2) is 8.20. The van der Waals surface area contributed by atoms with E-state index in [2.05, 4.69) is 29.2 Å². The molecule has 2 atom stereocenters. The molecule has 7 nitrogen and oxygen atoms in total. The van der Waals surface area contributed by atoms with Gasteiger partial charge in [0.25, 0.3) is 5.91 Å². The third kappa shape index (κ3) is 4.09. The third-order valence-corrected chi connectivity index (χ3v) is 5.69. The number of likely N-dealkylation sites (tertiary alicyclic amines) is 1. The minimum Gasteiger partial charge on any atom is -0.365 e. The lowest BCUT2D eigenvalue weighted by atomic mass is 9.93. The highest BCUT2D eigenvalue weighted by molar-refractivity contribution is 5.93. The molecular formula is C19H31N5O2. The summed E-state index contributed by atoms with van der Waals surface area (Å²) in [5.41, 5.74) is 6.85. The second-order valence-electron chi connectivity index (χ2n) is 7.98. The van der Waals surface area contributed by atoms with Crippen molar-refractivity contribution in [3.8, 4) is 0 Å². The molecule has 26 heavy (non-hydrogen) atoms. The Hall–Kier alpha value is -1.89. The molecular weight excluding hydrogens is 330 g/mol. The second-order valence-corrected chi connectivity index (χ2v) is 7.98. The predicted molar refractivity (Wildman–Crippen MR) is 99.6 cm³/mol. The van der Waals surface area contributed by atoms with Crippen LogP contribution in [0.25, 0.3) is 0 Å². The van der Waals surface area contributed by atoms with E-state index in [0.717, 1.165) is 38.2 Å². The number of nitrogens with zero attached hydrogens (tertiary/aromatic N) is 3. The zero-order valence-electron chi connectivity index (χ0n) is 15.9. The number of hydrogen-bond donors (Lipinski definition) is 2. The SMILES string of the molecule is CC(C)C(C(=O)NCC1CCn2ncc(C(N)=O)c2C1)N1CCCCC1. The molecule has 0 spiro atoms. The first-order valence-corrected chi connectivity index (χ1v) is 9.83. The molecule has 0 bridgehead atoms. The Morgan fingerprint density at radius 3 is 2.65 bits per heavy atom. The topological polar surface area (TPSA) is 93.2 Å². The molecule has 0 aliphatic carbocycles. The van der Waals surface area contributed by atoms with Gasteiger partial charge >= 0.3 is 0 Å². The van der Waals surface area contributed by atoms with Crippen LogP contribution in [0.15, 0.2) is 6.20 Å². The molecule has 1 saturated heterocycles. The number of nitrogens with two attached hydrogens (primary N) is 1. The molecule has 2 aliphatic heterocycles. The molecule has 1 aromatic heterocycles. The Morgan fingerprint density at radius 1 is 1.27 bits per heavy atom. The molecule has 144 valence electrons. The van der Waals surface area contributed by atoms with Gasteiger partial charge in [0.2, 0.25) is 5.91 Å². The first kappa shape index (κ1) is 18.9. The van der Waals surface area contributed by atoms with Crippen molar-refractivity contribution in [2.75, 3.05) is 19.6 Å². The number of piperidine rings is 1. The Bertz CT molecular complexity index is 648. The molecule has 3 rings (SSSR count). The van der Waals surface area contributed by atoms with Crippen molar-refractivity contribution in [2.45, 2.75) is 58.5 Å². The molecule has 2 unspecified atom stereocenters. The lowest BCUT2D eigenvalue weighted by Crippen LogP contribution is -2.52. The maximum atomic E-state index is 12.9. The van der Waals surface area contributed by atoms with Crippen molar-refractivity contribution in [1.29, 1.82) is 0 Å². The van der Waals surface area contributed by atoms with E-state index in [1.807, 2.05) is 4.68 Å². The smallest absolute Gasteiger partial charge is 0.252 e. The minimum atomic E-state index is -0.430. The summed E-state index contributed by atoms with van der Waals surface area (Å²) in [4.78, 5) is 26.7. The molecule has 0 aromatic carbocycles. The number of hydrogen-bond acceptors (Lipinski definition) is 4. The Balaban J connectivity index is 1.58. The molecule has 1 aromatic rings. The average molecular weight is 361 g/mol. The minimum absolute atomic E-state index is 0.0504. The molecule has 2 amide bonds. The maximum Gasteiger partial charge on any atom is 0.252 e. The number of aromatic nitrogens is 2. The summed E-state index contributed by atoms with van der Waals surface area (Å²) in [6.45, 7) is 7.68. The molecule has 3 N–H and O–H groups in total. The van der Waals surface area contributed by atoms with Gasteiger partial charge in [0.15, 0.2) is 0 Å². The fraction of sp³-hybridized carbons (Fsp3) is 0.737. The van der Waals surface area contributed by atoms with Gasteiger partial charge in [-0.15, -0.1) is 0 Å². The van der Waals surface area contributed by atoms with E-state index in [-0.39, 0.29) is 11.9 Å². The van der Waals surface area contributed by atoms with E-state index in [1.54, 1.807) is 6.20 Å². The van der Waals surface area contributed by atoms with Crippen LogP contribution in [0.2, 0.25) is 0 Å². The van der Waals surface area contributed by atoms with Crippen LogP contribution in [0, 0.1) is 11.8 Å². The quantitative estimate of drug-likeness (QED) is 0.795. The summed E-state index contributed by atoms with van der Waals surface area (Å²) in [6.07, 6.45) is 6.86. The number of carbonyl (C=O) groups excluding carboxylic acids is 2. The summed E-state index contributed by atoms with van der Waals surface area (Å²) in [5, 5.41) is 7.42. The number of rotatable bonds is 6. The highest BCUT2D eigenvalue weighted by atomic mass is 16.2. The van der Waals surface area contributed by atoms with Gasteiger partial charge in [-0.05, 0) is 50.6 Å². The van der Waals surface area contributed by atoms with E-state index in [9.17, 15) is 9.59 Å². The Morgan fingerprint density at radius 2 is 2.00 bits per heavy atom. The third-order valence-electron chi connectivity index (χ3n) is 5.69. The number of aryl methyl sites for hydroxylation is 1. The van der Waals surface area contributed by atoms with Gasteiger partial charge in [-0.25, -0.2) is 0 Å². The molecule has 2 aliphatic rings. The standard InChI is InChI=1S/C19H31N5O2/c1-13(2)17(23-7-4-3-5-8-23)19(26)21-11-14-6-9-24-16(10-14)15(12-22-24)18(20)25/h12-14,17H,3-11H2,1-2H3,(H2,20,25)(H,21,26). The van der Waals surface area contributed by atoms with Crippen molar-refractivity contribution < 1.29 is 9.59 Å². The Kier molecular flexibility index (Phi) is 5.96. The molecule has 7 heteroatoms. The lowest BCUT2D eigenvalue weighted by molar-refractivity contribution is -0.128. The van der Waals surface area contributed by atoms with E-state index in [4.69, 9.17) is 5.73 Å².